The molecular formula is C15H26N6. The second-order valence-corrected chi connectivity index (χ2v) is 5.51. The summed E-state index contributed by atoms with van der Waals surface area (Å²) >= 11 is 0. The molecule has 0 aromatic carbocycles. The quantitative estimate of drug-likeness (QED) is 0.675. The molecule has 116 valence electrons. The Hall–Kier alpha value is -1.72. The van der Waals surface area contributed by atoms with Gasteiger partial charge < -0.3 is 0 Å². The summed E-state index contributed by atoms with van der Waals surface area (Å²) in [6, 6.07) is 0. The molecule has 0 atom stereocenters. The largest absolute Gasteiger partial charge is 0.252 e. The molecule has 0 bridgehead atoms. The van der Waals surface area contributed by atoms with E-state index in [2.05, 4.69) is 46.9 Å². The van der Waals surface area contributed by atoms with Crippen LogP contribution in [-0.4, -0.2) is 30.0 Å². The van der Waals surface area contributed by atoms with Crippen molar-refractivity contribution in [1.29, 1.82) is 0 Å². The number of rotatable bonds is 10. The Balaban J connectivity index is 1.71. The van der Waals surface area contributed by atoms with Crippen LogP contribution in [-0.2, 0) is 25.9 Å². The molecule has 0 saturated carbocycles. The lowest BCUT2D eigenvalue weighted by molar-refractivity contribution is 0.484. The van der Waals surface area contributed by atoms with Gasteiger partial charge in [-0.2, -0.15) is 0 Å². The molecule has 2 rings (SSSR count). The van der Waals surface area contributed by atoms with Gasteiger partial charge >= 0.3 is 0 Å². The van der Waals surface area contributed by atoms with E-state index in [-0.39, 0.29) is 0 Å². The van der Waals surface area contributed by atoms with E-state index in [4.69, 9.17) is 0 Å². The predicted molar refractivity (Wildman–Crippen MR) is 81.9 cm³/mol. The molecule has 0 amide bonds. The van der Waals surface area contributed by atoms with E-state index >= 15 is 0 Å². The highest BCUT2D eigenvalue weighted by atomic mass is 15.4. The summed E-state index contributed by atoms with van der Waals surface area (Å²) in [6.07, 6.45) is 11.9. The number of aromatic nitrogens is 6. The van der Waals surface area contributed by atoms with Gasteiger partial charge in [-0.3, -0.25) is 9.36 Å². The summed E-state index contributed by atoms with van der Waals surface area (Å²) < 4.78 is 3.86. The Morgan fingerprint density at radius 3 is 1.67 bits per heavy atom. The number of aryl methyl sites for hydroxylation is 4. The first-order valence-corrected chi connectivity index (χ1v) is 8.09. The SMILES string of the molecule is CCCCc1cn(CCCn2cc(CCCC)nn2)nn1. The van der Waals surface area contributed by atoms with Crippen molar-refractivity contribution < 1.29 is 0 Å². The lowest BCUT2D eigenvalue weighted by atomic mass is 10.2. The van der Waals surface area contributed by atoms with Crippen LogP contribution in [0, 0.1) is 0 Å². The summed E-state index contributed by atoms with van der Waals surface area (Å²) in [5.74, 6) is 0. The van der Waals surface area contributed by atoms with Crippen LogP contribution < -0.4 is 0 Å². The summed E-state index contributed by atoms with van der Waals surface area (Å²) in [5.41, 5.74) is 2.19. The van der Waals surface area contributed by atoms with Gasteiger partial charge in [0.25, 0.3) is 0 Å². The molecular weight excluding hydrogens is 264 g/mol. The number of hydrogen-bond donors (Lipinski definition) is 0. The molecule has 0 aliphatic carbocycles. The van der Waals surface area contributed by atoms with Crippen LogP contribution in [0.25, 0.3) is 0 Å². The van der Waals surface area contributed by atoms with Crippen molar-refractivity contribution in [3.05, 3.63) is 23.8 Å². The normalized spacial score (nSPS) is 11.1. The molecule has 0 unspecified atom stereocenters. The Kier molecular flexibility index (Phi) is 6.37. The van der Waals surface area contributed by atoms with Crippen molar-refractivity contribution in [2.24, 2.45) is 0 Å². The molecule has 0 aliphatic rings. The van der Waals surface area contributed by atoms with Gasteiger partial charge in [-0.25, -0.2) is 0 Å². The minimum absolute atomic E-state index is 0.878. The van der Waals surface area contributed by atoms with Crippen molar-refractivity contribution in [2.45, 2.75) is 71.9 Å². The minimum atomic E-state index is 0.878. The third kappa shape index (κ3) is 5.28. The van der Waals surface area contributed by atoms with Crippen molar-refractivity contribution in [2.75, 3.05) is 0 Å². The molecule has 21 heavy (non-hydrogen) atoms. The van der Waals surface area contributed by atoms with Gasteiger partial charge in [0.1, 0.15) is 0 Å². The maximum absolute atomic E-state index is 4.20. The van der Waals surface area contributed by atoms with E-state index < -0.39 is 0 Å². The summed E-state index contributed by atoms with van der Waals surface area (Å²) in [6.45, 7) is 6.14. The zero-order chi connectivity index (χ0) is 14.9. The lowest BCUT2D eigenvalue weighted by Crippen LogP contribution is -2.05. The topological polar surface area (TPSA) is 61.4 Å². The fourth-order valence-electron chi connectivity index (χ4n) is 2.24. The van der Waals surface area contributed by atoms with Gasteiger partial charge in [-0.05, 0) is 32.1 Å². The molecule has 0 aliphatic heterocycles. The molecule has 0 saturated heterocycles. The zero-order valence-electron chi connectivity index (χ0n) is 13.2. The van der Waals surface area contributed by atoms with Crippen LogP contribution in [0.2, 0.25) is 0 Å². The smallest absolute Gasteiger partial charge is 0.0827 e. The van der Waals surface area contributed by atoms with E-state index in [1.165, 1.54) is 25.7 Å². The van der Waals surface area contributed by atoms with Crippen molar-refractivity contribution in [1.82, 2.24) is 30.0 Å². The molecule has 6 nitrogen and oxygen atoms in total. The Labute approximate surface area is 126 Å². The standard InChI is InChI=1S/C15H26N6/c1-3-5-8-14-12-20(18-16-14)10-7-11-21-13-15(17-19-21)9-6-4-2/h12-13H,3-11H2,1-2H3. The molecule has 0 radical (unpaired) electrons. The minimum Gasteiger partial charge on any atom is -0.252 e. The third-order valence-corrected chi connectivity index (χ3v) is 3.52. The highest BCUT2D eigenvalue weighted by Gasteiger charge is 2.02. The van der Waals surface area contributed by atoms with E-state index in [1.54, 1.807) is 0 Å². The van der Waals surface area contributed by atoms with Crippen LogP contribution in [0.1, 0.15) is 57.3 Å². The molecule has 0 fully saturated rings. The van der Waals surface area contributed by atoms with Gasteiger partial charge in [0.05, 0.1) is 11.4 Å². The maximum Gasteiger partial charge on any atom is 0.0827 e. The zero-order valence-corrected chi connectivity index (χ0v) is 13.2. The van der Waals surface area contributed by atoms with E-state index in [0.29, 0.717) is 0 Å². The van der Waals surface area contributed by atoms with Crippen molar-refractivity contribution in [3.8, 4) is 0 Å². The summed E-state index contributed by atoms with van der Waals surface area (Å²) in [7, 11) is 0. The second kappa shape index (κ2) is 8.54. The molecule has 0 spiro atoms. The van der Waals surface area contributed by atoms with Crippen molar-refractivity contribution in [3.63, 3.8) is 0 Å². The van der Waals surface area contributed by atoms with Gasteiger partial charge in [0, 0.05) is 25.5 Å². The van der Waals surface area contributed by atoms with Crippen LogP contribution in [0.3, 0.4) is 0 Å². The monoisotopic (exact) mass is 290 g/mol. The van der Waals surface area contributed by atoms with Gasteiger partial charge in [-0.15, -0.1) is 10.2 Å². The molecule has 0 N–H and O–H groups in total. The first kappa shape index (κ1) is 15.7. The van der Waals surface area contributed by atoms with Gasteiger partial charge in [0.2, 0.25) is 0 Å². The fourth-order valence-corrected chi connectivity index (χ4v) is 2.24. The summed E-state index contributed by atoms with van der Waals surface area (Å²) in [5, 5.41) is 16.7. The van der Waals surface area contributed by atoms with Crippen LogP contribution in [0.5, 0.6) is 0 Å². The average Bonchev–Trinajstić information content (AvgIpc) is 3.12. The predicted octanol–water partition coefficient (Wildman–Crippen LogP) is 2.65. The number of hydrogen-bond acceptors (Lipinski definition) is 4. The first-order chi connectivity index (χ1) is 10.3. The number of unbranched alkanes of at least 4 members (excludes halogenated alkanes) is 2. The van der Waals surface area contributed by atoms with Gasteiger partial charge in [-0.1, -0.05) is 37.1 Å². The molecule has 2 heterocycles. The number of nitrogens with zero attached hydrogens (tertiary/aromatic N) is 6. The first-order valence-electron chi connectivity index (χ1n) is 8.09. The van der Waals surface area contributed by atoms with Crippen LogP contribution in [0.15, 0.2) is 12.4 Å². The Morgan fingerprint density at radius 2 is 1.24 bits per heavy atom. The molecule has 2 aromatic rings. The molecule has 2 aromatic heterocycles. The Morgan fingerprint density at radius 1 is 0.762 bits per heavy atom. The van der Waals surface area contributed by atoms with E-state index in [0.717, 1.165) is 43.7 Å². The van der Waals surface area contributed by atoms with Crippen molar-refractivity contribution >= 4 is 0 Å². The average molecular weight is 290 g/mol. The fraction of sp³-hybridized carbons (Fsp3) is 0.733. The summed E-state index contributed by atoms with van der Waals surface area (Å²) in [4.78, 5) is 0. The van der Waals surface area contributed by atoms with Gasteiger partial charge in [0.15, 0.2) is 0 Å². The van der Waals surface area contributed by atoms with E-state index in [9.17, 15) is 0 Å². The lowest BCUT2D eigenvalue weighted by Gasteiger charge is -2.00. The van der Waals surface area contributed by atoms with Crippen LogP contribution >= 0.6 is 0 Å². The molecule has 6 heteroatoms. The third-order valence-electron chi connectivity index (χ3n) is 3.52. The van der Waals surface area contributed by atoms with E-state index in [1.807, 2.05) is 9.36 Å². The highest BCUT2D eigenvalue weighted by molar-refractivity contribution is 4.93. The maximum atomic E-state index is 4.20. The Bertz CT molecular complexity index is 469. The van der Waals surface area contributed by atoms with Crippen LogP contribution in [0.4, 0.5) is 0 Å². The second-order valence-electron chi connectivity index (χ2n) is 5.51. The highest BCUT2D eigenvalue weighted by Crippen LogP contribution is 2.03.